The van der Waals surface area contributed by atoms with Gasteiger partial charge < -0.3 is 4.74 Å². The van der Waals surface area contributed by atoms with Gasteiger partial charge in [0, 0.05) is 6.54 Å². The molecule has 0 bridgehead atoms. The van der Waals surface area contributed by atoms with E-state index in [1.807, 2.05) is 0 Å². The normalized spacial score (nSPS) is 19.0. The van der Waals surface area contributed by atoms with E-state index in [2.05, 4.69) is 0 Å². The van der Waals surface area contributed by atoms with E-state index < -0.39 is 10.0 Å². The van der Waals surface area contributed by atoms with Gasteiger partial charge in [0.05, 0.1) is 18.0 Å². The van der Waals surface area contributed by atoms with Crippen molar-refractivity contribution in [2.24, 2.45) is 0 Å². The Morgan fingerprint density at radius 2 is 1.91 bits per heavy atom. The van der Waals surface area contributed by atoms with Gasteiger partial charge in [-0.1, -0.05) is 12.1 Å². The van der Waals surface area contributed by atoms with Crippen LogP contribution in [0.4, 0.5) is 4.39 Å². The van der Waals surface area contributed by atoms with E-state index in [1.165, 1.54) is 35.7 Å². The fourth-order valence-corrected chi connectivity index (χ4v) is 4.64. The topological polar surface area (TPSA) is 46.6 Å². The van der Waals surface area contributed by atoms with Crippen LogP contribution in [0.3, 0.4) is 0 Å². The molecule has 1 saturated heterocycles. The summed E-state index contributed by atoms with van der Waals surface area (Å²) in [5, 5.41) is 0. The summed E-state index contributed by atoms with van der Waals surface area (Å²) in [4.78, 5) is 0.224. The monoisotopic (exact) mass is 335 g/mol. The molecule has 4 nitrogen and oxygen atoms in total. The Kier molecular flexibility index (Phi) is 4.37. The van der Waals surface area contributed by atoms with E-state index in [1.54, 1.807) is 24.3 Å². The van der Waals surface area contributed by atoms with E-state index in [4.69, 9.17) is 4.74 Å². The Hall–Kier alpha value is -1.92. The zero-order chi connectivity index (χ0) is 16.4. The lowest BCUT2D eigenvalue weighted by molar-refractivity contribution is 0.395. The predicted molar refractivity (Wildman–Crippen MR) is 85.3 cm³/mol. The summed E-state index contributed by atoms with van der Waals surface area (Å²) < 4.78 is 45.8. The van der Waals surface area contributed by atoms with Crippen molar-refractivity contribution in [3.8, 4) is 5.75 Å². The molecule has 1 aliphatic rings. The first-order valence-electron chi connectivity index (χ1n) is 7.44. The van der Waals surface area contributed by atoms with Gasteiger partial charge in [0.2, 0.25) is 10.0 Å². The van der Waals surface area contributed by atoms with E-state index in [-0.39, 0.29) is 16.8 Å². The Morgan fingerprint density at radius 1 is 1.17 bits per heavy atom. The SMILES string of the molecule is COc1ccc(S(=O)(=O)N2CCC[C@H]2c2cccc(F)c2)cc1. The van der Waals surface area contributed by atoms with E-state index >= 15 is 0 Å². The lowest BCUT2D eigenvalue weighted by Gasteiger charge is -2.24. The van der Waals surface area contributed by atoms with Crippen LogP contribution in [0.2, 0.25) is 0 Å². The number of sulfonamides is 1. The van der Waals surface area contributed by atoms with Gasteiger partial charge in [0.25, 0.3) is 0 Å². The molecule has 0 N–H and O–H groups in total. The average Bonchev–Trinajstić information content (AvgIpc) is 3.05. The van der Waals surface area contributed by atoms with Gasteiger partial charge in [-0.25, -0.2) is 12.8 Å². The van der Waals surface area contributed by atoms with Crippen LogP contribution in [0, 0.1) is 5.82 Å². The molecule has 0 spiro atoms. The molecule has 2 aromatic rings. The summed E-state index contributed by atoms with van der Waals surface area (Å²) in [6, 6.07) is 12.2. The highest BCUT2D eigenvalue weighted by Crippen LogP contribution is 2.36. The maximum atomic E-state index is 13.5. The third-order valence-corrected chi connectivity index (χ3v) is 6.03. The first-order valence-corrected chi connectivity index (χ1v) is 8.88. The minimum atomic E-state index is -3.62. The second-order valence-corrected chi connectivity index (χ2v) is 7.39. The maximum absolute atomic E-state index is 13.5. The smallest absolute Gasteiger partial charge is 0.243 e. The van der Waals surface area contributed by atoms with Gasteiger partial charge in [-0.15, -0.1) is 0 Å². The minimum absolute atomic E-state index is 0.224. The fourth-order valence-electron chi connectivity index (χ4n) is 2.96. The lowest BCUT2D eigenvalue weighted by Crippen LogP contribution is -2.30. The van der Waals surface area contributed by atoms with E-state index in [9.17, 15) is 12.8 Å². The van der Waals surface area contributed by atoms with Crippen molar-refractivity contribution in [1.29, 1.82) is 0 Å². The highest BCUT2D eigenvalue weighted by Gasteiger charge is 2.36. The van der Waals surface area contributed by atoms with Gasteiger partial charge in [0.15, 0.2) is 0 Å². The Morgan fingerprint density at radius 3 is 2.57 bits per heavy atom. The number of nitrogens with zero attached hydrogens (tertiary/aromatic N) is 1. The van der Waals surface area contributed by atoms with Crippen LogP contribution in [0.25, 0.3) is 0 Å². The Labute approximate surface area is 135 Å². The lowest BCUT2D eigenvalue weighted by atomic mass is 10.1. The van der Waals surface area contributed by atoms with Crippen molar-refractivity contribution >= 4 is 10.0 Å². The van der Waals surface area contributed by atoms with Crippen LogP contribution in [0.15, 0.2) is 53.4 Å². The molecule has 1 fully saturated rings. The van der Waals surface area contributed by atoms with E-state index in [0.29, 0.717) is 24.3 Å². The molecule has 1 heterocycles. The number of ether oxygens (including phenoxy) is 1. The van der Waals surface area contributed by atoms with Crippen molar-refractivity contribution in [2.75, 3.05) is 13.7 Å². The summed E-state index contributed by atoms with van der Waals surface area (Å²) in [7, 11) is -2.09. The van der Waals surface area contributed by atoms with Gasteiger partial charge in [-0.3, -0.25) is 0 Å². The maximum Gasteiger partial charge on any atom is 0.243 e. The first kappa shape index (κ1) is 16.0. The number of hydrogen-bond donors (Lipinski definition) is 0. The largest absolute Gasteiger partial charge is 0.497 e. The molecule has 3 rings (SSSR count). The second kappa shape index (κ2) is 6.29. The Balaban J connectivity index is 1.94. The molecule has 1 aliphatic heterocycles. The van der Waals surface area contributed by atoms with Crippen molar-refractivity contribution in [2.45, 2.75) is 23.8 Å². The second-order valence-electron chi connectivity index (χ2n) is 5.50. The summed E-state index contributed by atoms with van der Waals surface area (Å²) >= 11 is 0. The van der Waals surface area contributed by atoms with Crippen molar-refractivity contribution in [3.63, 3.8) is 0 Å². The van der Waals surface area contributed by atoms with Crippen LogP contribution >= 0.6 is 0 Å². The van der Waals surface area contributed by atoms with Gasteiger partial charge in [-0.2, -0.15) is 4.31 Å². The third kappa shape index (κ3) is 3.09. The molecule has 122 valence electrons. The molecule has 0 aromatic heterocycles. The fraction of sp³-hybridized carbons (Fsp3) is 0.294. The molecule has 1 atom stereocenters. The zero-order valence-corrected chi connectivity index (χ0v) is 13.6. The molecule has 6 heteroatoms. The van der Waals surface area contributed by atoms with Crippen LogP contribution < -0.4 is 4.74 Å². The highest BCUT2D eigenvalue weighted by molar-refractivity contribution is 7.89. The molecule has 0 aliphatic carbocycles. The number of rotatable bonds is 4. The van der Waals surface area contributed by atoms with Crippen LogP contribution in [-0.2, 0) is 10.0 Å². The summed E-state index contributed by atoms with van der Waals surface area (Å²) in [6.45, 7) is 0.440. The zero-order valence-electron chi connectivity index (χ0n) is 12.8. The third-order valence-electron chi connectivity index (χ3n) is 4.10. The van der Waals surface area contributed by atoms with Crippen molar-refractivity contribution in [1.82, 2.24) is 4.31 Å². The summed E-state index contributed by atoms with van der Waals surface area (Å²) in [6.07, 6.45) is 1.45. The molecule has 0 radical (unpaired) electrons. The molecule has 0 saturated carbocycles. The quantitative estimate of drug-likeness (QED) is 0.861. The molecular weight excluding hydrogens is 317 g/mol. The standard InChI is InChI=1S/C17H18FNO3S/c1-22-15-7-9-16(10-8-15)23(20,21)19-11-3-6-17(19)13-4-2-5-14(18)12-13/h2,4-5,7-10,12,17H,3,6,11H2,1H3/t17-/m0/s1. The molecule has 0 unspecified atom stereocenters. The highest BCUT2D eigenvalue weighted by atomic mass is 32.2. The van der Waals surface area contributed by atoms with Crippen LogP contribution in [0.1, 0.15) is 24.4 Å². The molecule has 0 amide bonds. The summed E-state index contributed by atoms with van der Waals surface area (Å²) in [5.41, 5.74) is 0.694. The number of methoxy groups -OCH3 is 1. The summed E-state index contributed by atoms with van der Waals surface area (Å²) in [5.74, 6) is 0.253. The molecule has 2 aromatic carbocycles. The number of halogens is 1. The van der Waals surface area contributed by atoms with Crippen LogP contribution in [0.5, 0.6) is 5.75 Å². The number of hydrogen-bond acceptors (Lipinski definition) is 3. The van der Waals surface area contributed by atoms with Crippen molar-refractivity contribution < 1.29 is 17.5 Å². The van der Waals surface area contributed by atoms with Gasteiger partial charge in [-0.05, 0) is 54.8 Å². The van der Waals surface area contributed by atoms with E-state index in [0.717, 1.165) is 6.42 Å². The van der Waals surface area contributed by atoms with Crippen molar-refractivity contribution in [3.05, 3.63) is 59.9 Å². The van der Waals surface area contributed by atoms with Gasteiger partial charge >= 0.3 is 0 Å². The minimum Gasteiger partial charge on any atom is -0.497 e. The predicted octanol–water partition coefficient (Wildman–Crippen LogP) is 3.36. The number of benzene rings is 2. The average molecular weight is 335 g/mol. The molecular formula is C17H18FNO3S. The van der Waals surface area contributed by atoms with Gasteiger partial charge in [0.1, 0.15) is 11.6 Å². The molecule has 23 heavy (non-hydrogen) atoms. The van der Waals surface area contributed by atoms with Crippen LogP contribution in [-0.4, -0.2) is 26.4 Å². The first-order chi connectivity index (χ1) is 11.0. The Bertz CT molecular complexity index is 790.